The molecule has 0 heterocycles. The third-order valence-corrected chi connectivity index (χ3v) is 2.53. The first-order chi connectivity index (χ1) is 8.63. The maximum atomic E-state index is 13.2. The van der Waals surface area contributed by atoms with E-state index in [0.29, 0.717) is 36.1 Å². The summed E-state index contributed by atoms with van der Waals surface area (Å²) in [6.07, 6.45) is 1.55. The van der Waals surface area contributed by atoms with Crippen LogP contribution >= 0.6 is 11.6 Å². The molecule has 0 amide bonds. The summed E-state index contributed by atoms with van der Waals surface area (Å²) in [5.41, 5.74) is 0.713. The van der Waals surface area contributed by atoms with Gasteiger partial charge in [-0.2, -0.15) is 0 Å². The summed E-state index contributed by atoms with van der Waals surface area (Å²) in [4.78, 5) is 0. The first-order valence-corrected chi connectivity index (χ1v) is 6.64. The molecule has 0 saturated carbocycles. The number of hydrogen-bond acceptors (Lipinski definition) is 1. The van der Waals surface area contributed by atoms with E-state index in [2.05, 4.69) is 25.7 Å². The molecule has 0 fully saturated rings. The molecule has 0 bridgehead atoms. The van der Waals surface area contributed by atoms with E-state index in [9.17, 15) is 4.39 Å². The standard InChI is InChI=1S/C15H18ClFO/c1-12(2)8-10-18-15-11-14(17)7-6-13(15)5-3-4-9-16/h6-7,11-12H,4,8-10H2,1-2H3. The summed E-state index contributed by atoms with van der Waals surface area (Å²) < 4.78 is 18.8. The lowest BCUT2D eigenvalue weighted by molar-refractivity contribution is 0.287. The second-order valence-corrected chi connectivity index (χ2v) is 4.79. The normalized spacial score (nSPS) is 10.1. The number of benzene rings is 1. The third kappa shape index (κ3) is 5.42. The molecular weight excluding hydrogens is 251 g/mol. The van der Waals surface area contributed by atoms with Crippen LogP contribution < -0.4 is 4.74 Å². The summed E-state index contributed by atoms with van der Waals surface area (Å²) >= 11 is 5.56. The minimum absolute atomic E-state index is 0.308. The highest BCUT2D eigenvalue weighted by Crippen LogP contribution is 2.19. The van der Waals surface area contributed by atoms with Crippen LogP contribution in [-0.4, -0.2) is 12.5 Å². The van der Waals surface area contributed by atoms with Gasteiger partial charge < -0.3 is 4.74 Å². The van der Waals surface area contributed by atoms with Crippen molar-refractivity contribution >= 4 is 11.6 Å². The largest absolute Gasteiger partial charge is 0.492 e. The van der Waals surface area contributed by atoms with Crippen molar-refractivity contribution < 1.29 is 9.13 Å². The average molecular weight is 269 g/mol. The van der Waals surface area contributed by atoms with Gasteiger partial charge in [0.2, 0.25) is 0 Å². The van der Waals surface area contributed by atoms with Crippen molar-refractivity contribution in [3.05, 3.63) is 29.6 Å². The van der Waals surface area contributed by atoms with Crippen LogP contribution in [0.2, 0.25) is 0 Å². The second kappa shape index (κ2) is 8.00. The van der Waals surface area contributed by atoms with Crippen LogP contribution in [0.25, 0.3) is 0 Å². The predicted molar refractivity (Wildman–Crippen MR) is 73.6 cm³/mol. The molecule has 1 aromatic carbocycles. The number of hydrogen-bond donors (Lipinski definition) is 0. The Labute approximate surface area is 113 Å². The van der Waals surface area contributed by atoms with E-state index in [-0.39, 0.29) is 5.82 Å². The van der Waals surface area contributed by atoms with Crippen molar-refractivity contribution in [3.8, 4) is 17.6 Å². The molecule has 18 heavy (non-hydrogen) atoms. The zero-order chi connectivity index (χ0) is 13.4. The summed E-state index contributed by atoms with van der Waals surface area (Å²) in [5.74, 6) is 7.14. The van der Waals surface area contributed by atoms with Gasteiger partial charge in [-0.15, -0.1) is 11.6 Å². The van der Waals surface area contributed by atoms with Gasteiger partial charge in [-0.25, -0.2) is 4.39 Å². The number of rotatable bonds is 5. The molecule has 1 nitrogen and oxygen atoms in total. The lowest BCUT2D eigenvalue weighted by atomic mass is 10.1. The summed E-state index contributed by atoms with van der Waals surface area (Å²) in [5, 5.41) is 0. The molecule has 1 aromatic rings. The highest BCUT2D eigenvalue weighted by Gasteiger charge is 2.04. The van der Waals surface area contributed by atoms with Crippen LogP contribution in [0.1, 0.15) is 32.3 Å². The Morgan fingerprint density at radius 2 is 2.17 bits per heavy atom. The van der Waals surface area contributed by atoms with Gasteiger partial charge in [-0.3, -0.25) is 0 Å². The van der Waals surface area contributed by atoms with Gasteiger partial charge in [0.15, 0.2) is 0 Å². The summed E-state index contributed by atoms with van der Waals surface area (Å²) in [6.45, 7) is 4.82. The van der Waals surface area contributed by atoms with Gasteiger partial charge in [0.05, 0.1) is 12.2 Å². The summed E-state index contributed by atoms with van der Waals surface area (Å²) in [6, 6.07) is 4.41. The quantitative estimate of drug-likeness (QED) is 0.574. The zero-order valence-corrected chi connectivity index (χ0v) is 11.6. The minimum atomic E-state index is -0.308. The molecule has 0 aliphatic heterocycles. The van der Waals surface area contributed by atoms with E-state index >= 15 is 0 Å². The lowest BCUT2D eigenvalue weighted by Gasteiger charge is -2.09. The van der Waals surface area contributed by atoms with E-state index in [1.165, 1.54) is 12.1 Å². The molecule has 0 unspecified atom stereocenters. The van der Waals surface area contributed by atoms with Gasteiger partial charge in [0.1, 0.15) is 11.6 Å². The molecule has 0 aromatic heterocycles. The van der Waals surface area contributed by atoms with Gasteiger partial charge in [-0.05, 0) is 24.5 Å². The van der Waals surface area contributed by atoms with Crippen molar-refractivity contribution in [3.63, 3.8) is 0 Å². The maximum absolute atomic E-state index is 13.2. The van der Waals surface area contributed by atoms with Crippen molar-refractivity contribution in [2.75, 3.05) is 12.5 Å². The number of alkyl halides is 1. The van der Waals surface area contributed by atoms with Crippen molar-refractivity contribution in [2.45, 2.75) is 26.7 Å². The van der Waals surface area contributed by atoms with Crippen LogP contribution in [0.5, 0.6) is 5.75 Å². The number of ether oxygens (including phenoxy) is 1. The van der Waals surface area contributed by atoms with Crippen LogP contribution in [-0.2, 0) is 0 Å². The van der Waals surface area contributed by atoms with E-state index < -0.39 is 0 Å². The first kappa shape index (κ1) is 14.9. The average Bonchev–Trinajstić information content (AvgIpc) is 2.31. The fraction of sp³-hybridized carbons (Fsp3) is 0.467. The Morgan fingerprint density at radius 3 is 2.83 bits per heavy atom. The molecule has 0 aliphatic carbocycles. The van der Waals surface area contributed by atoms with Crippen molar-refractivity contribution in [1.29, 1.82) is 0 Å². The Morgan fingerprint density at radius 1 is 1.39 bits per heavy atom. The highest BCUT2D eigenvalue weighted by molar-refractivity contribution is 6.18. The Balaban J connectivity index is 2.74. The van der Waals surface area contributed by atoms with Crippen LogP contribution in [0.4, 0.5) is 4.39 Å². The predicted octanol–water partition coefficient (Wildman–Crippen LogP) is 4.23. The Kier molecular flexibility index (Phi) is 6.60. The highest BCUT2D eigenvalue weighted by atomic mass is 35.5. The van der Waals surface area contributed by atoms with Gasteiger partial charge in [0, 0.05) is 18.4 Å². The van der Waals surface area contributed by atoms with Gasteiger partial charge >= 0.3 is 0 Å². The fourth-order valence-corrected chi connectivity index (χ4v) is 1.42. The molecule has 1 rings (SSSR count). The summed E-state index contributed by atoms with van der Waals surface area (Å²) in [7, 11) is 0. The van der Waals surface area contributed by atoms with Crippen molar-refractivity contribution in [1.82, 2.24) is 0 Å². The van der Waals surface area contributed by atoms with Gasteiger partial charge in [-0.1, -0.05) is 25.7 Å². The third-order valence-electron chi connectivity index (χ3n) is 2.34. The molecule has 0 N–H and O–H groups in total. The minimum Gasteiger partial charge on any atom is -0.492 e. The maximum Gasteiger partial charge on any atom is 0.137 e. The molecule has 0 radical (unpaired) electrons. The van der Waals surface area contributed by atoms with E-state index in [1.807, 2.05) is 0 Å². The Bertz CT molecular complexity index is 432. The Hall–Kier alpha value is -1.20. The first-order valence-electron chi connectivity index (χ1n) is 6.10. The second-order valence-electron chi connectivity index (χ2n) is 4.41. The smallest absolute Gasteiger partial charge is 0.137 e. The monoisotopic (exact) mass is 268 g/mol. The molecule has 98 valence electrons. The SMILES string of the molecule is CC(C)CCOc1cc(F)ccc1C#CCCCl. The fourth-order valence-electron chi connectivity index (χ4n) is 1.33. The molecule has 3 heteroatoms. The van der Waals surface area contributed by atoms with E-state index in [4.69, 9.17) is 16.3 Å². The van der Waals surface area contributed by atoms with E-state index in [1.54, 1.807) is 6.07 Å². The van der Waals surface area contributed by atoms with E-state index in [0.717, 1.165) is 6.42 Å². The van der Waals surface area contributed by atoms with Crippen LogP contribution in [0, 0.1) is 23.6 Å². The number of halogens is 2. The van der Waals surface area contributed by atoms with Crippen LogP contribution in [0.3, 0.4) is 0 Å². The van der Waals surface area contributed by atoms with Crippen molar-refractivity contribution in [2.24, 2.45) is 5.92 Å². The molecule has 0 saturated heterocycles. The molecule has 0 atom stereocenters. The molecule has 0 aliphatic rings. The van der Waals surface area contributed by atoms with Crippen LogP contribution in [0.15, 0.2) is 18.2 Å². The molecule has 0 spiro atoms. The zero-order valence-electron chi connectivity index (χ0n) is 10.8. The topological polar surface area (TPSA) is 9.23 Å². The lowest BCUT2D eigenvalue weighted by Crippen LogP contribution is -2.03. The van der Waals surface area contributed by atoms with Gasteiger partial charge in [0.25, 0.3) is 0 Å². The molecular formula is C15H18ClFO.